The molecule has 0 unspecified atom stereocenters. The first-order chi connectivity index (χ1) is 10.4. The lowest BCUT2D eigenvalue weighted by atomic mass is 10.0. The Labute approximate surface area is 132 Å². The fraction of sp³-hybridized carbons (Fsp3) is 0.429. The van der Waals surface area contributed by atoms with Gasteiger partial charge in [-0.15, -0.1) is 11.3 Å². The van der Waals surface area contributed by atoms with Gasteiger partial charge < -0.3 is 10.4 Å². The van der Waals surface area contributed by atoms with Crippen LogP contribution in [0.4, 0.5) is 0 Å². The molecule has 2 aromatic rings. The highest BCUT2D eigenvalue weighted by Gasteiger charge is 2.23. The Morgan fingerprint density at radius 2 is 2.18 bits per heavy atom. The van der Waals surface area contributed by atoms with Crippen LogP contribution >= 0.6 is 11.3 Å². The number of carboxylic acid groups (broad SMARTS) is 1. The molecule has 0 aliphatic carbocycles. The van der Waals surface area contributed by atoms with E-state index < -0.39 is 17.9 Å². The fourth-order valence-electron chi connectivity index (χ4n) is 1.97. The molecule has 7 nitrogen and oxygen atoms in total. The lowest BCUT2D eigenvalue weighted by Crippen LogP contribution is -2.41. The van der Waals surface area contributed by atoms with Crippen LogP contribution in [0.15, 0.2) is 17.8 Å². The fourth-order valence-corrected chi connectivity index (χ4v) is 2.74. The van der Waals surface area contributed by atoms with Crippen LogP contribution in [-0.4, -0.2) is 37.8 Å². The topological polar surface area (TPSA) is 97.1 Å². The predicted octanol–water partition coefficient (Wildman–Crippen LogP) is 1.77. The Kier molecular flexibility index (Phi) is 4.92. The Hall–Kier alpha value is -2.22. The molecule has 0 aromatic carbocycles. The van der Waals surface area contributed by atoms with Gasteiger partial charge in [0.25, 0.3) is 5.91 Å². The average Bonchev–Trinajstić information content (AvgIpc) is 3.05. The molecule has 0 fully saturated rings. The Morgan fingerprint density at radius 3 is 2.73 bits per heavy atom. The number of rotatable bonds is 6. The normalized spacial score (nSPS) is 12.4. The minimum atomic E-state index is -1.04. The van der Waals surface area contributed by atoms with E-state index >= 15 is 0 Å². The molecule has 2 rings (SSSR count). The van der Waals surface area contributed by atoms with Crippen LogP contribution in [0.1, 0.15) is 30.8 Å². The molecule has 0 saturated heterocycles. The number of carbonyl (C=O) groups is 2. The van der Waals surface area contributed by atoms with Crippen LogP contribution in [0.2, 0.25) is 0 Å². The molecule has 2 N–H and O–H groups in total. The van der Waals surface area contributed by atoms with Crippen molar-refractivity contribution in [1.82, 2.24) is 20.1 Å². The third-order valence-electron chi connectivity index (χ3n) is 3.00. The molecule has 2 aromatic heterocycles. The second kappa shape index (κ2) is 6.69. The number of hydrogen-bond donors (Lipinski definition) is 2. The molecule has 1 atom stereocenters. The summed E-state index contributed by atoms with van der Waals surface area (Å²) in [6.45, 7) is 3.82. The van der Waals surface area contributed by atoms with Crippen molar-refractivity contribution >= 4 is 23.2 Å². The van der Waals surface area contributed by atoms with E-state index in [1.54, 1.807) is 29.5 Å². The summed E-state index contributed by atoms with van der Waals surface area (Å²) in [5, 5.41) is 18.0. The van der Waals surface area contributed by atoms with E-state index in [0.29, 0.717) is 11.4 Å². The summed E-state index contributed by atoms with van der Waals surface area (Å²) in [4.78, 5) is 27.6. The van der Waals surface area contributed by atoms with Crippen molar-refractivity contribution in [2.24, 2.45) is 13.0 Å². The van der Waals surface area contributed by atoms with Crippen LogP contribution in [0.5, 0.6) is 0 Å². The number of thiazole rings is 1. The minimum absolute atomic E-state index is 0.169. The van der Waals surface area contributed by atoms with Gasteiger partial charge in [0.1, 0.15) is 16.7 Å². The number of aliphatic carboxylic acids is 1. The van der Waals surface area contributed by atoms with Crippen molar-refractivity contribution < 1.29 is 14.7 Å². The predicted molar refractivity (Wildman–Crippen MR) is 82.7 cm³/mol. The molecule has 0 aliphatic heterocycles. The number of carboxylic acids is 1. The van der Waals surface area contributed by atoms with Gasteiger partial charge in [0.2, 0.25) is 0 Å². The van der Waals surface area contributed by atoms with Gasteiger partial charge >= 0.3 is 5.97 Å². The summed E-state index contributed by atoms with van der Waals surface area (Å²) < 4.78 is 1.65. The van der Waals surface area contributed by atoms with Crippen molar-refractivity contribution in [2.45, 2.75) is 26.3 Å². The molecule has 0 aliphatic rings. The van der Waals surface area contributed by atoms with E-state index in [4.69, 9.17) is 5.11 Å². The van der Waals surface area contributed by atoms with Gasteiger partial charge in [0, 0.05) is 24.2 Å². The molecule has 0 spiro atoms. The molecular weight excluding hydrogens is 304 g/mol. The number of aryl methyl sites for hydroxylation is 1. The standard InChI is InChI=1S/C14H18N4O3S/c1-8(2)4-10(14(20)21)16-12(19)11-7-22-13(17-11)9-5-15-18(3)6-9/h5-8,10H,4H2,1-3H3,(H,16,19)(H,20,21)/t10-/m1/s1. The van der Waals surface area contributed by atoms with Crippen molar-refractivity contribution in [3.8, 4) is 10.6 Å². The molecule has 1 amide bonds. The molecule has 22 heavy (non-hydrogen) atoms. The third-order valence-corrected chi connectivity index (χ3v) is 3.89. The van der Waals surface area contributed by atoms with E-state index in [2.05, 4.69) is 15.4 Å². The molecule has 8 heteroatoms. The largest absolute Gasteiger partial charge is 0.480 e. The zero-order chi connectivity index (χ0) is 16.3. The monoisotopic (exact) mass is 322 g/mol. The number of nitrogens with one attached hydrogen (secondary N) is 1. The molecule has 0 saturated carbocycles. The van der Waals surface area contributed by atoms with Crippen molar-refractivity contribution in [3.05, 3.63) is 23.5 Å². The van der Waals surface area contributed by atoms with E-state index in [1.165, 1.54) is 11.3 Å². The Bertz CT molecular complexity index is 677. The van der Waals surface area contributed by atoms with Gasteiger partial charge in [-0.2, -0.15) is 5.10 Å². The van der Waals surface area contributed by atoms with Gasteiger partial charge in [-0.25, -0.2) is 9.78 Å². The summed E-state index contributed by atoms with van der Waals surface area (Å²) in [5.74, 6) is -1.34. The average molecular weight is 322 g/mol. The smallest absolute Gasteiger partial charge is 0.326 e. The quantitative estimate of drug-likeness (QED) is 0.845. The van der Waals surface area contributed by atoms with Crippen molar-refractivity contribution in [1.29, 1.82) is 0 Å². The summed E-state index contributed by atoms with van der Waals surface area (Å²) in [6, 6.07) is -0.906. The summed E-state index contributed by atoms with van der Waals surface area (Å²) in [6.07, 6.45) is 3.85. The minimum Gasteiger partial charge on any atom is -0.480 e. The molecule has 0 bridgehead atoms. The van der Waals surface area contributed by atoms with Crippen molar-refractivity contribution in [2.75, 3.05) is 0 Å². The van der Waals surface area contributed by atoms with Gasteiger partial charge in [0.05, 0.1) is 6.20 Å². The maximum atomic E-state index is 12.1. The summed E-state index contributed by atoms with van der Waals surface area (Å²) >= 11 is 1.32. The Morgan fingerprint density at radius 1 is 1.45 bits per heavy atom. The number of amides is 1. The molecular formula is C14H18N4O3S. The van der Waals surface area contributed by atoms with Gasteiger partial charge in [-0.1, -0.05) is 13.8 Å². The van der Waals surface area contributed by atoms with Crippen LogP contribution in [-0.2, 0) is 11.8 Å². The zero-order valence-corrected chi connectivity index (χ0v) is 13.4. The van der Waals surface area contributed by atoms with Crippen LogP contribution in [0, 0.1) is 5.92 Å². The van der Waals surface area contributed by atoms with Gasteiger partial charge in [-0.3, -0.25) is 9.48 Å². The van der Waals surface area contributed by atoms with E-state index in [1.807, 2.05) is 13.8 Å². The number of hydrogen-bond acceptors (Lipinski definition) is 5. The second-order valence-corrected chi connectivity index (χ2v) is 6.29. The lowest BCUT2D eigenvalue weighted by Gasteiger charge is -2.15. The first kappa shape index (κ1) is 16.2. The lowest BCUT2D eigenvalue weighted by molar-refractivity contribution is -0.139. The number of nitrogens with zero attached hydrogens (tertiary/aromatic N) is 3. The molecule has 118 valence electrons. The van der Waals surface area contributed by atoms with Crippen LogP contribution in [0.3, 0.4) is 0 Å². The molecule has 0 radical (unpaired) electrons. The van der Waals surface area contributed by atoms with E-state index in [-0.39, 0.29) is 11.6 Å². The summed E-state index contributed by atoms with van der Waals surface area (Å²) in [7, 11) is 1.80. The van der Waals surface area contributed by atoms with Gasteiger partial charge in [-0.05, 0) is 12.3 Å². The maximum Gasteiger partial charge on any atom is 0.326 e. The first-order valence-electron chi connectivity index (χ1n) is 6.85. The third kappa shape index (κ3) is 3.91. The highest BCUT2D eigenvalue weighted by Crippen LogP contribution is 2.23. The van der Waals surface area contributed by atoms with Crippen LogP contribution in [0.25, 0.3) is 10.6 Å². The first-order valence-corrected chi connectivity index (χ1v) is 7.73. The maximum absolute atomic E-state index is 12.1. The highest BCUT2D eigenvalue weighted by atomic mass is 32.1. The number of carbonyl (C=O) groups excluding carboxylic acids is 1. The van der Waals surface area contributed by atoms with Crippen molar-refractivity contribution in [3.63, 3.8) is 0 Å². The highest BCUT2D eigenvalue weighted by molar-refractivity contribution is 7.13. The summed E-state index contributed by atoms with van der Waals surface area (Å²) in [5.41, 5.74) is 1.04. The van der Waals surface area contributed by atoms with E-state index in [0.717, 1.165) is 5.56 Å². The van der Waals surface area contributed by atoms with E-state index in [9.17, 15) is 9.59 Å². The number of aromatic nitrogens is 3. The SMILES string of the molecule is CC(C)C[C@@H](NC(=O)c1csc(-c2cnn(C)c2)n1)C(=O)O. The zero-order valence-electron chi connectivity index (χ0n) is 12.6. The second-order valence-electron chi connectivity index (χ2n) is 5.43. The van der Waals surface area contributed by atoms with Crippen LogP contribution < -0.4 is 5.32 Å². The van der Waals surface area contributed by atoms with Gasteiger partial charge in [0.15, 0.2) is 0 Å². The molecule has 2 heterocycles. The Balaban J connectivity index is 2.09.